The predicted octanol–water partition coefficient (Wildman–Crippen LogP) is 3.35. The van der Waals surface area contributed by atoms with Crippen molar-refractivity contribution in [2.45, 2.75) is 24.3 Å². The van der Waals surface area contributed by atoms with Crippen molar-refractivity contribution in [3.63, 3.8) is 0 Å². The molecule has 0 aromatic carbocycles. The summed E-state index contributed by atoms with van der Waals surface area (Å²) in [6, 6.07) is 0. The average molecular weight is 214 g/mol. The second kappa shape index (κ2) is 8.50. The van der Waals surface area contributed by atoms with Crippen LogP contribution in [0.5, 0.6) is 0 Å². The predicted molar refractivity (Wildman–Crippen MR) is 61.6 cm³/mol. The van der Waals surface area contributed by atoms with Gasteiger partial charge in [0.15, 0.2) is 0 Å². The highest BCUT2D eigenvalue weighted by molar-refractivity contribution is 8.68. The van der Waals surface area contributed by atoms with E-state index in [1.54, 1.807) is 10.8 Å². The van der Waals surface area contributed by atoms with Crippen molar-refractivity contribution in [1.29, 1.82) is 0 Å². The molecule has 0 amide bonds. The minimum absolute atomic E-state index is 0.532. The van der Waals surface area contributed by atoms with Crippen molar-refractivity contribution >= 4 is 46.8 Å². The van der Waals surface area contributed by atoms with Gasteiger partial charge in [0, 0.05) is 10.3 Å². The SMILES string of the molecule is CCC(S)SCCCSS. The third kappa shape index (κ3) is 7.51. The standard InChI is InChI=1S/C6H14S4/c1-2-6(7)9-4-3-5-10-8/h6-8H,2-5H2,1H3. The minimum atomic E-state index is 0.532. The molecule has 10 heavy (non-hydrogen) atoms. The van der Waals surface area contributed by atoms with Crippen molar-refractivity contribution in [1.82, 2.24) is 0 Å². The van der Waals surface area contributed by atoms with Gasteiger partial charge in [-0.05, 0) is 18.6 Å². The lowest BCUT2D eigenvalue weighted by Gasteiger charge is -2.05. The molecular weight excluding hydrogens is 200 g/mol. The molecule has 0 aliphatic heterocycles. The zero-order valence-electron chi connectivity index (χ0n) is 6.12. The molecular formula is C6H14S4. The molecule has 1 unspecified atom stereocenters. The van der Waals surface area contributed by atoms with Crippen LogP contribution in [0.15, 0.2) is 0 Å². The number of thiol groups is 2. The van der Waals surface area contributed by atoms with Gasteiger partial charge in [0.1, 0.15) is 0 Å². The molecule has 0 fully saturated rings. The fraction of sp³-hybridized carbons (Fsp3) is 1.00. The largest absolute Gasteiger partial charge is 0.165 e. The lowest BCUT2D eigenvalue weighted by atomic mass is 10.6. The molecule has 0 spiro atoms. The second-order valence-corrected chi connectivity index (χ2v) is 5.64. The molecule has 0 rings (SSSR count). The molecule has 62 valence electrons. The van der Waals surface area contributed by atoms with Gasteiger partial charge >= 0.3 is 0 Å². The molecule has 0 nitrogen and oxygen atoms in total. The maximum Gasteiger partial charge on any atom is 0.0469 e. The van der Waals surface area contributed by atoms with Crippen LogP contribution < -0.4 is 0 Å². The van der Waals surface area contributed by atoms with Gasteiger partial charge in [-0.1, -0.05) is 17.7 Å². The summed E-state index contributed by atoms with van der Waals surface area (Å²) in [5.41, 5.74) is 0. The van der Waals surface area contributed by atoms with Gasteiger partial charge in [0.2, 0.25) is 0 Å². The maximum absolute atomic E-state index is 4.37. The second-order valence-electron chi connectivity index (χ2n) is 1.92. The monoisotopic (exact) mass is 214 g/mol. The van der Waals surface area contributed by atoms with Crippen LogP contribution in [0.4, 0.5) is 0 Å². The summed E-state index contributed by atoms with van der Waals surface area (Å²) in [5, 5.41) is 0. The molecule has 4 heteroatoms. The van der Waals surface area contributed by atoms with Crippen molar-refractivity contribution in [3.8, 4) is 0 Å². The zero-order valence-corrected chi connectivity index (χ0v) is 9.54. The minimum Gasteiger partial charge on any atom is -0.165 e. The first-order valence-corrected chi connectivity index (χ1v) is 6.97. The summed E-state index contributed by atoms with van der Waals surface area (Å²) >= 11 is 10.4. The van der Waals surface area contributed by atoms with E-state index in [1.807, 2.05) is 11.8 Å². The van der Waals surface area contributed by atoms with E-state index in [0.29, 0.717) is 4.58 Å². The number of rotatable bonds is 6. The zero-order chi connectivity index (χ0) is 7.82. The van der Waals surface area contributed by atoms with Crippen molar-refractivity contribution < 1.29 is 0 Å². The van der Waals surface area contributed by atoms with Gasteiger partial charge in [-0.25, -0.2) is 0 Å². The molecule has 0 aliphatic rings. The Hall–Kier alpha value is 1.40. The molecule has 0 radical (unpaired) electrons. The molecule has 0 saturated carbocycles. The molecule has 0 bridgehead atoms. The molecule has 0 heterocycles. The maximum atomic E-state index is 4.37. The van der Waals surface area contributed by atoms with E-state index in [9.17, 15) is 0 Å². The average Bonchev–Trinajstić information content (AvgIpc) is 1.98. The van der Waals surface area contributed by atoms with Gasteiger partial charge in [0.25, 0.3) is 0 Å². The fourth-order valence-electron chi connectivity index (χ4n) is 0.461. The quantitative estimate of drug-likeness (QED) is 0.301. The van der Waals surface area contributed by atoms with Gasteiger partial charge in [-0.3, -0.25) is 0 Å². The van der Waals surface area contributed by atoms with Crippen molar-refractivity contribution in [2.75, 3.05) is 11.5 Å². The van der Waals surface area contributed by atoms with E-state index in [0.717, 1.165) is 12.2 Å². The molecule has 0 aromatic rings. The number of hydrogen-bond acceptors (Lipinski definition) is 4. The fourth-order valence-corrected chi connectivity index (χ4v) is 2.44. The number of thioether (sulfide) groups is 1. The van der Waals surface area contributed by atoms with E-state index in [2.05, 4.69) is 31.2 Å². The number of hydrogen-bond donors (Lipinski definition) is 2. The Bertz CT molecular complexity index is 66.8. The van der Waals surface area contributed by atoms with E-state index >= 15 is 0 Å². The van der Waals surface area contributed by atoms with Crippen LogP contribution in [-0.4, -0.2) is 16.1 Å². The van der Waals surface area contributed by atoms with Crippen LogP contribution in [0.2, 0.25) is 0 Å². The summed E-state index contributed by atoms with van der Waals surface area (Å²) in [4.78, 5) is 0. The summed E-state index contributed by atoms with van der Waals surface area (Å²) in [6.07, 6.45) is 2.40. The Balaban J connectivity index is 2.89. The summed E-state index contributed by atoms with van der Waals surface area (Å²) in [6.45, 7) is 2.16. The Morgan fingerprint density at radius 3 is 2.60 bits per heavy atom. The van der Waals surface area contributed by atoms with E-state index < -0.39 is 0 Å². The van der Waals surface area contributed by atoms with E-state index in [1.165, 1.54) is 12.2 Å². The normalized spacial score (nSPS) is 13.5. The molecule has 0 aliphatic carbocycles. The molecule has 1 atom stereocenters. The van der Waals surface area contributed by atoms with Crippen LogP contribution in [-0.2, 0) is 0 Å². The highest BCUT2D eigenvalue weighted by Gasteiger charge is 1.97. The van der Waals surface area contributed by atoms with Crippen LogP contribution >= 0.6 is 46.8 Å². The Morgan fingerprint density at radius 1 is 1.40 bits per heavy atom. The first-order chi connectivity index (χ1) is 4.81. The van der Waals surface area contributed by atoms with Crippen LogP contribution in [0, 0.1) is 0 Å². The van der Waals surface area contributed by atoms with Gasteiger partial charge in [0.05, 0.1) is 0 Å². The van der Waals surface area contributed by atoms with Gasteiger partial charge < -0.3 is 0 Å². The lowest BCUT2D eigenvalue weighted by Crippen LogP contribution is -1.91. The summed E-state index contributed by atoms with van der Waals surface area (Å²) in [7, 11) is 1.62. The third-order valence-electron chi connectivity index (χ3n) is 1.04. The Kier molecular flexibility index (Phi) is 9.69. The lowest BCUT2D eigenvalue weighted by molar-refractivity contribution is 1.05. The van der Waals surface area contributed by atoms with Crippen molar-refractivity contribution in [2.24, 2.45) is 0 Å². The van der Waals surface area contributed by atoms with Gasteiger partial charge in [-0.2, -0.15) is 12.6 Å². The molecule has 0 N–H and O–H groups in total. The van der Waals surface area contributed by atoms with Crippen LogP contribution in [0.1, 0.15) is 19.8 Å². The highest BCUT2D eigenvalue weighted by atomic mass is 33.1. The van der Waals surface area contributed by atoms with E-state index in [4.69, 9.17) is 0 Å². The van der Waals surface area contributed by atoms with Crippen molar-refractivity contribution in [3.05, 3.63) is 0 Å². The summed E-state index contributed by atoms with van der Waals surface area (Å²) < 4.78 is 0.532. The third-order valence-corrected chi connectivity index (χ3v) is 4.11. The summed E-state index contributed by atoms with van der Waals surface area (Å²) in [5.74, 6) is 2.37. The Labute approximate surface area is 82.5 Å². The van der Waals surface area contributed by atoms with Crippen LogP contribution in [0.3, 0.4) is 0 Å². The van der Waals surface area contributed by atoms with Gasteiger partial charge in [-0.15, -0.1) is 23.4 Å². The van der Waals surface area contributed by atoms with Crippen LogP contribution in [0.25, 0.3) is 0 Å². The van der Waals surface area contributed by atoms with E-state index in [-0.39, 0.29) is 0 Å². The molecule has 0 aromatic heterocycles. The molecule has 0 saturated heterocycles. The first-order valence-electron chi connectivity index (χ1n) is 3.37. The Morgan fingerprint density at radius 2 is 2.10 bits per heavy atom. The highest BCUT2D eigenvalue weighted by Crippen LogP contribution is 2.19. The first kappa shape index (κ1) is 11.4. The topological polar surface area (TPSA) is 0 Å². The smallest absolute Gasteiger partial charge is 0.0469 e.